The van der Waals surface area contributed by atoms with Crippen LogP contribution < -0.4 is 5.32 Å². The Morgan fingerprint density at radius 3 is 2.73 bits per heavy atom. The third kappa shape index (κ3) is 1.16. The van der Waals surface area contributed by atoms with Gasteiger partial charge in [0.2, 0.25) is 0 Å². The van der Waals surface area contributed by atoms with Gasteiger partial charge < -0.3 is 10.1 Å². The van der Waals surface area contributed by atoms with Crippen LogP contribution in [0.1, 0.15) is 12.8 Å². The predicted octanol–water partition coefficient (Wildman–Crippen LogP) is 0.222. The van der Waals surface area contributed by atoms with Crippen LogP contribution in [0.25, 0.3) is 0 Å². The second-order valence-corrected chi connectivity index (χ2v) is 3.07. The number of piperidine rings is 1. The van der Waals surface area contributed by atoms with Crippen molar-refractivity contribution in [2.24, 2.45) is 0 Å². The van der Waals surface area contributed by atoms with Crippen LogP contribution in [-0.4, -0.2) is 24.7 Å². The Hall–Kier alpha value is -0.830. The molecule has 1 spiro atoms. The molecule has 0 saturated carbocycles. The number of esters is 1. The molecule has 2 heterocycles. The van der Waals surface area contributed by atoms with Gasteiger partial charge in [0.05, 0.1) is 0 Å². The van der Waals surface area contributed by atoms with E-state index in [1.54, 1.807) is 0 Å². The highest BCUT2D eigenvalue weighted by atomic mass is 16.6. The van der Waals surface area contributed by atoms with E-state index in [0.29, 0.717) is 0 Å². The highest BCUT2D eigenvalue weighted by Crippen LogP contribution is 2.28. The molecule has 1 saturated heterocycles. The fourth-order valence-corrected chi connectivity index (χ4v) is 1.61. The van der Waals surface area contributed by atoms with E-state index in [9.17, 15) is 4.79 Å². The van der Waals surface area contributed by atoms with Crippen LogP contribution in [0.5, 0.6) is 0 Å². The molecule has 0 radical (unpaired) electrons. The zero-order chi connectivity index (χ0) is 7.73. The number of carbonyl (C=O) groups excluding carboxylic acids is 1. The van der Waals surface area contributed by atoms with Crippen molar-refractivity contribution in [1.82, 2.24) is 5.32 Å². The second-order valence-electron chi connectivity index (χ2n) is 3.07. The summed E-state index contributed by atoms with van der Waals surface area (Å²) in [5.41, 5.74) is -0.248. The zero-order valence-corrected chi connectivity index (χ0v) is 6.30. The Bertz CT molecular complexity index is 204. The molecule has 0 aromatic rings. The van der Waals surface area contributed by atoms with Crippen molar-refractivity contribution in [1.29, 1.82) is 0 Å². The normalized spacial score (nSPS) is 27.5. The minimum Gasteiger partial charge on any atom is -0.452 e. The van der Waals surface area contributed by atoms with Crippen LogP contribution >= 0.6 is 0 Å². The maximum absolute atomic E-state index is 10.8. The molecular weight excluding hydrogens is 142 g/mol. The lowest BCUT2D eigenvalue weighted by atomic mass is 9.93. The SMILES string of the molecule is O=C1C=CC2(CCNCC2)O1. The molecule has 0 aromatic heterocycles. The number of ether oxygens (including phenoxy) is 1. The number of hydrogen-bond donors (Lipinski definition) is 1. The highest BCUT2D eigenvalue weighted by molar-refractivity contribution is 5.85. The van der Waals surface area contributed by atoms with Crippen LogP contribution in [0.15, 0.2) is 12.2 Å². The molecule has 11 heavy (non-hydrogen) atoms. The van der Waals surface area contributed by atoms with E-state index in [-0.39, 0.29) is 11.6 Å². The van der Waals surface area contributed by atoms with Gasteiger partial charge in [0.15, 0.2) is 0 Å². The Labute approximate surface area is 65.4 Å². The largest absolute Gasteiger partial charge is 0.452 e. The van der Waals surface area contributed by atoms with Crippen LogP contribution in [0.4, 0.5) is 0 Å². The average molecular weight is 153 g/mol. The number of rotatable bonds is 0. The summed E-state index contributed by atoms with van der Waals surface area (Å²) in [5, 5.41) is 3.23. The maximum atomic E-state index is 10.8. The van der Waals surface area contributed by atoms with Crippen molar-refractivity contribution in [3.8, 4) is 0 Å². The molecule has 0 atom stereocenters. The minimum absolute atomic E-state index is 0.188. The minimum atomic E-state index is -0.248. The smallest absolute Gasteiger partial charge is 0.331 e. The van der Waals surface area contributed by atoms with Gasteiger partial charge in [-0.15, -0.1) is 0 Å². The fourth-order valence-electron chi connectivity index (χ4n) is 1.61. The van der Waals surface area contributed by atoms with Crippen molar-refractivity contribution in [3.05, 3.63) is 12.2 Å². The molecule has 0 bridgehead atoms. The van der Waals surface area contributed by atoms with E-state index in [1.165, 1.54) is 6.08 Å². The van der Waals surface area contributed by atoms with Crippen LogP contribution in [-0.2, 0) is 9.53 Å². The van der Waals surface area contributed by atoms with Crippen molar-refractivity contribution in [2.75, 3.05) is 13.1 Å². The summed E-state index contributed by atoms with van der Waals surface area (Å²) in [4.78, 5) is 10.8. The summed E-state index contributed by atoms with van der Waals surface area (Å²) in [5.74, 6) is -0.188. The lowest BCUT2D eigenvalue weighted by molar-refractivity contribution is -0.147. The first kappa shape index (κ1) is 6.85. The van der Waals surface area contributed by atoms with Crippen molar-refractivity contribution in [2.45, 2.75) is 18.4 Å². The first-order chi connectivity index (χ1) is 5.31. The topological polar surface area (TPSA) is 38.3 Å². The third-order valence-corrected chi connectivity index (χ3v) is 2.28. The van der Waals surface area contributed by atoms with Crippen molar-refractivity contribution in [3.63, 3.8) is 0 Å². The molecule has 1 N–H and O–H groups in total. The van der Waals surface area contributed by atoms with Gasteiger partial charge in [-0.2, -0.15) is 0 Å². The zero-order valence-electron chi connectivity index (χ0n) is 6.30. The molecule has 60 valence electrons. The van der Waals surface area contributed by atoms with Crippen LogP contribution in [0.2, 0.25) is 0 Å². The van der Waals surface area contributed by atoms with E-state index >= 15 is 0 Å². The monoisotopic (exact) mass is 153 g/mol. The summed E-state index contributed by atoms with van der Waals surface area (Å²) in [6.45, 7) is 1.88. The summed E-state index contributed by atoms with van der Waals surface area (Å²) in [6, 6.07) is 0. The average Bonchev–Trinajstić information content (AvgIpc) is 2.34. The molecule has 2 rings (SSSR count). The number of nitrogens with one attached hydrogen (secondary N) is 1. The maximum Gasteiger partial charge on any atom is 0.331 e. The molecular formula is C8H11NO2. The summed E-state index contributed by atoms with van der Waals surface area (Å²) in [6.07, 6.45) is 5.26. The fraction of sp³-hybridized carbons (Fsp3) is 0.625. The Morgan fingerprint density at radius 1 is 1.45 bits per heavy atom. The summed E-state index contributed by atoms with van der Waals surface area (Å²) in [7, 11) is 0. The number of hydrogen-bond acceptors (Lipinski definition) is 3. The van der Waals surface area contributed by atoms with Gasteiger partial charge in [-0.05, 0) is 19.2 Å². The molecule has 0 aromatic carbocycles. The van der Waals surface area contributed by atoms with Gasteiger partial charge in [-0.25, -0.2) is 4.79 Å². The molecule has 2 aliphatic rings. The molecule has 0 unspecified atom stereocenters. The van der Waals surface area contributed by atoms with E-state index in [1.807, 2.05) is 6.08 Å². The van der Waals surface area contributed by atoms with E-state index in [2.05, 4.69) is 5.32 Å². The van der Waals surface area contributed by atoms with E-state index < -0.39 is 0 Å². The lowest BCUT2D eigenvalue weighted by Gasteiger charge is -2.30. The van der Waals surface area contributed by atoms with Crippen molar-refractivity contribution >= 4 is 5.97 Å². The van der Waals surface area contributed by atoms with E-state index in [0.717, 1.165) is 25.9 Å². The van der Waals surface area contributed by atoms with Crippen molar-refractivity contribution < 1.29 is 9.53 Å². The Balaban J connectivity index is 2.10. The van der Waals surface area contributed by atoms with Gasteiger partial charge in [0.1, 0.15) is 5.60 Å². The first-order valence-electron chi connectivity index (χ1n) is 3.94. The van der Waals surface area contributed by atoms with Crippen LogP contribution in [0, 0.1) is 0 Å². The quantitative estimate of drug-likeness (QED) is 0.506. The summed E-state index contributed by atoms with van der Waals surface area (Å²) < 4.78 is 5.20. The van der Waals surface area contributed by atoms with Crippen LogP contribution in [0.3, 0.4) is 0 Å². The standard InChI is InChI=1S/C8H11NO2/c10-7-1-2-8(11-7)3-5-9-6-4-8/h1-2,9H,3-6H2. The van der Waals surface area contributed by atoms with Gasteiger partial charge in [0.25, 0.3) is 0 Å². The molecule has 0 amide bonds. The second kappa shape index (κ2) is 2.34. The molecule has 2 aliphatic heterocycles. The number of carbonyl (C=O) groups is 1. The molecule has 0 aliphatic carbocycles. The summed E-state index contributed by atoms with van der Waals surface area (Å²) >= 11 is 0. The van der Waals surface area contributed by atoms with Gasteiger partial charge in [0, 0.05) is 18.9 Å². The first-order valence-corrected chi connectivity index (χ1v) is 3.94. The highest BCUT2D eigenvalue weighted by Gasteiger charge is 2.36. The molecule has 3 nitrogen and oxygen atoms in total. The third-order valence-electron chi connectivity index (χ3n) is 2.28. The van der Waals surface area contributed by atoms with Gasteiger partial charge in [-0.1, -0.05) is 0 Å². The molecule has 1 fully saturated rings. The molecule has 3 heteroatoms. The lowest BCUT2D eigenvalue weighted by Crippen LogP contribution is -2.41. The van der Waals surface area contributed by atoms with Gasteiger partial charge in [-0.3, -0.25) is 0 Å². The van der Waals surface area contributed by atoms with E-state index in [4.69, 9.17) is 4.74 Å². The Kier molecular flexibility index (Phi) is 1.46. The predicted molar refractivity (Wildman–Crippen MR) is 40.1 cm³/mol. The van der Waals surface area contributed by atoms with Gasteiger partial charge >= 0.3 is 5.97 Å². The Morgan fingerprint density at radius 2 is 2.18 bits per heavy atom.